The summed E-state index contributed by atoms with van der Waals surface area (Å²) < 4.78 is 28.5. The lowest BCUT2D eigenvalue weighted by molar-refractivity contribution is -0.131. The highest BCUT2D eigenvalue weighted by molar-refractivity contribution is 7.89. The van der Waals surface area contributed by atoms with E-state index in [-0.39, 0.29) is 30.3 Å². The molecule has 0 aromatic heterocycles. The Labute approximate surface area is 192 Å². The average Bonchev–Trinajstić information content (AvgIpc) is 2.78. The van der Waals surface area contributed by atoms with Gasteiger partial charge in [0.05, 0.1) is 4.90 Å². The first kappa shape index (κ1) is 24.4. The molecule has 1 fully saturated rings. The van der Waals surface area contributed by atoms with Crippen LogP contribution in [0.25, 0.3) is 0 Å². The second-order valence-electron chi connectivity index (χ2n) is 8.95. The molecule has 2 aromatic rings. The maximum absolute atomic E-state index is 13.5. The van der Waals surface area contributed by atoms with E-state index in [1.165, 1.54) is 4.31 Å². The minimum Gasteiger partial charge on any atom is -0.340 e. The van der Waals surface area contributed by atoms with E-state index < -0.39 is 10.0 Å². The van der Waals surface area contributed by atoms with E-state index in [1.54, 1.807) is 12.1 Å². The van der Waals surface area contributed by atoms with Gasteiger partial charge in [0.2, 0.25) is 15.9 Å². The van der Waals surface area contributed by atoms with Crippen molar-refractivity contribution in [3.8, 4) is 0 Å². The number of nitrogens with zero attached hydrogens (tertiary/aromatic N) is 2. The quantitative estimate of drug-likeness (QED) is 0.628. The number of sulfonamides is 1. The fourth-order valence-electron chi connectivity index (χ4n) is 3.89. The van der Waals surface area contributed by atoms with Crippen molar-refractivity contribution in [2.75, 3.05) is 32.7 Å². The van der Waals surface area contributed by atoms with E-state index >= 15 is 0 Å². The predicted octanol–water partition coefficient (Wildman–Crippen LogP) is 3.21. The summed E-state index contributed by atoms with van der Waals surface area (Å²) in [4.78, 5) is 14.8. The molecular formula is C25H35N3O3S. The highest BCUT2D eigenvalue weighted by Crippen LogP contribution is 2.21. The fraction of sp³-hybridized carbons (Fsp3) is 0.480. The topological polar surface area (TPSA) is 69.7 Å². The number of carbonyl (C=O) groups is 1. The Balaban J connectivity index is 1.79. The number of hydrogen-bond donors (Lipinski definition) is 1. The number of rotatable bonds is 9. The molecule has 0 atom stereocenters. The monoisotopic (exact) mass is 457 g/mol. The Morgan fingerprint density at radius 2 is 1.59 bits per heavy atom. The number of piperazine rings is 1. The van der Waals surface area contributed by atoms with Gasteiger partial charge in [0, 0.05) is 45.7 Å². The zero-order valence-electron chi connectivity index (χ0n) is 19.4. The van der Waals surface area contributed by atoms with Crippen molar-refractivity contribution >= 4 is 15.9 Å². The first-order chi connectivity index (χ1) is 15.3. The molecule has 32 heavy (non-hydrogen) atoms. The number of amides is 1. The van der Waals surface area contributed by atoms with E-state index in [0.29, 0.717) is 19.0 Å². The fourth-order valence-corrected chi connectivity index (χ4v) is 5.32. The first-order valence-corrected chi connectivity index (χ1v) is 12.8. The van der Waals surface area contributed by atoms with Gasteiger partial charge in [0.25, 0.3) is 0 Å². The summed E-state index contributed by atoms with van der Waals surface area (Å²) in [6, 6.07) is 15.0. The van der Waals surface area contributed by atoms with Gasteiger partial charge in [-0.1, -0.05) is 55.8 Å². The van der Waals surface area contributed by atoms with Crippen molar-refractivity contribution in [3.63, 3.8) is 0 Å². The predicted molar refractivity (Wildman–Crippen MR) is 128 cm³/mol. The van der Waals surface area contributed by atoms with Gasteiger partial charge in [0.1, 0.15) is 0 Å². The molecule has 1 amide bonds. The zero-order chi connectivity index (χ0) is 23.1. The van der Waals surface area contributed by atoms with Crippen molar-refractivity contribution in [1.29, 1.82) is 0 Å². The van der Waals surface area contributed by atoms with Crippen molar-refractivity contribution in [2.45, 2.75) is 45.1 Å². The molecule has 0 saturated carbocycles. The number of carbonyl (C=O) groups excluding carboxylic acids is 1. The Hall–Kier alpha value is -2.22. The van der Waals surface area contributed by atoms with Crippen LogP contribution in [0.2, 0.25) is 0 Å². The number of hydrogen-bond acceptors (Lipinski definition) is 4. The third kappa shape index (κ3) is 6.64. The minimum atomic E-state index is -3.73. The molecular weight excluding hydrogens is 422 g/mol. The van der Waals surface area contributed by atoms with Gasteiger partial charge >= 0.3 is 0 Å². The summed E-state index contributed by atoms with van der Waals surface area (Å²) in [5, 5.41) is 3.23. The zero-order valence-corrected chi connectivity index (χ0v) is 20.2. The third-order valence-corrected chi connectivity index (χ3v) is 7.59. The molecule has 1 saturated heterocycles. The van der Waals surface area contributed by atoms with Crippen LogP contribution in [0.15, 0.2) is 53.4 Å². The van der Waals surface area contributed by atoms with Gasteiger partial charge in [0.15, 0.2) is 0 Å². The van der Waals surface area contributed by atoms with Crippen LogP contribution in [-0.2, 0) is 27.8 Å². The Morgan fingerprint density at radius 1 is 1.00 bits per heavy atom. The van der Waals surface area contributed by atoms with Gasteiger partial charge in [-0.05, 0) is 42.5 Å². The van der Waals surface area contributed by atoms with Gasteiger partial charge in [-0.15, -0.1) is 0 Å². The summed E-state index contributed by atoms with van der Waals surface area (Å²) in [7, 11) is -3.73. The lowest BCUT2D eigenvalue weighted by atomic mass is 10.0. The van der Waals surface area contributed by atoms with Gasteiger partial charge < -0.3 is 10.2 Å². The number of nitrogens with one attached hydrogen (secondary N) is 1. The van der Waals surface area contributed by atoms with Gasteiger partial charge in [-0.2, -0.15) is 4.31 Å². The average molecular weight is 458 g/mol. The normalized spacial score (nSPS) is 14.8. The summed E-state index contributed by atoms with van der Waals surface area (Å²) in [6.45, 7) is 9.58. The highest BCUT2D eigenvalue weighted by Gasteiger charge is 2.26. The minimum absolute atomic E-state index is 0.00267. The molecule has 1 aliphatic heterocycles. The maximum Gasteiger partial charge on any atom is 0.243 e. The molecule has 0 spiro atoms. The van der Waals surface area contributed by atoms with Gasteiger partial charge in [-0.3, -0.25) is 4.79 Å². The van der Waals surface area contributed by atoms with E-state index in [1.807, 2.05) is 48.2 Å². The smallest absolute Gasteiger partial charge is 0.243 e. The molecule has 0 radical (unpaired) electrons. The van der Waals surface area contributed by atoms with Crippen LogP contribution in [0.4, 0.5) is 0 Å². The van der Waals surface area contributed by atoms with Crippen LogP contribution in [0, 0.1) is 12.8 Å². The second kappa shape index (κ2) is 11.1. The molecule has 0 aliphatic carbocycles. The third-order valence-electron chi connectivity index (χ3n) is 5.73. The van der Waals surface area contributed by atoms with Crippen LogP contribution < -0.4 is 5.32 Å². The molecule has 7 heteroatoms. The van der Waals surface area contributed by atoms with Crippen LogP contribution >= 0.6 is 0 Å². The Morgan fingerprint density at radius 3 is 2.19 bits per heavy atom. The number of aryl methyl sites for hydroxylation is 1. The summed E-state index contributed by atoms with van der Waals surface area (Å²) in [5.74, 6) is 0.509. The van der Waals surface area contributed by atoms with Gasteiger partial charge in [-0.25, -0.2) is 8.42 Å². The first-order valence-electron chi connectivity index (χ1n) is 11.4. The van der Waals surface area contributed by atoms with E-state index in [0.717, 1.165) is 36.2 Å². The van der Waals surface area contributed by atoms with Crippen molar-refractivity contribution in [1.82, 2.24) is 14.5 Å². The summed E-state index contributed by atoms with van der Waals surface area (Å²) in [5.41, 5.74) is 3.15. The molecule has 1 N–H and O–H groups in total. The molecule has 6 nitrogen and oxygen atoms in total. The molecule has 3 rings (SSSR count). The van der Waals surface area contributed by atoms with Crippen molar-refractivity contribution in [2.24, 2.45) is 5.92 Å². The number of benzene rings is 2. The van der Waals surface area contributed by atoms with Crippen LogP contribution in [-0.4, -0.2) is 56.3 Å². The molecule has 0 bridgehead atoms. The second-order valence-corrected chi connectivity index (χ2v) is 10.9. The lowest BCUT2D eigenvalue weighted by Gasteiger charge is -2.29. The largest absolute Gasteiger partial charge is 0.340 e. The highest BCUT2D eigenvalue weighted by atomic mass is 32.2. The summed E-state index contributed by atoms with van der Waals surface area (Å²) >= 11 is 0. The molecule has 1 heterocycles. The molecule has 174 valence electrons. The lowest BCUT2D eigenvalue weighted by Crippen LogP contribution is -2.47. The Kier molecular flexibility index (Phi) is 8.45. The molecule has 0 unspecified atom stereocenters. The van der Waals surface area contributed by atoms with E-state index in [9.17, 15) is 13.2 Å². The summed E-state index contributed by atoms with van der Waals surface area (Å²) in [6.07, 6.45) is 1.09. The van der Waals surface area contributed by atoms with Crippen LogP contribution in [0.5, 0.6) is 0 Å². The molecule has 2 aromatic carbocycles. The maximum atomic E-state index is 13.5. The Bertz CT molecular complexity index is 980. The van der Waals surface area contributed by atoms with Crippen molar-refractivity contribution in [3.05, 3.63) is 65.2 Å². The van der Waals surface area contributed by atoms with Crippen LogP contribution in [0.1, 0.15) is 37.0 Å². The van der Waals surface area contributed by atoms with Crippen molar-refractivity contribution < 1.29 is 13.2 Å². The molecule has 1 aliphatic rings. The standard InChI is InChI=1S/C25H35N3O3S/c1-20(2)18-22-8-10-24(11-9-22)32(30,31)28(19-23-6-4-21(3)5-7-23)15-12-25(29)27-16-13-26-14-17-27/h4-11,20,26H,12-19H2,1-3H3. The van der Waals surface area contributed by atoms with Crippen LogP contribution in [0.3, 0.4) is 0 Å². The SMILES string of the molecule is Cc1ccc(CN(CCC(=O)N2CCNCC2)S(=O)(=O)c2ccc(CC(C)C)cc2)cc1. The van der Waals surface area contributed by atoms with E-state index in [4.69, 9.17) is 0 Å². The van der Waals surface area contributed by atoms with E-state index in [2.05, 4.69) is 19.2 Å².